The number of benzene rings is 8. The van der Waals surface area contributed by atoms with Gasteiger partial charge in [0.05, 0.1) is 16.8 Å². The first-order valence-electron chi connectivity index (χ1n) is 21.8. The fourth-order valence-electron chi connectivity index (χ4n) is 11.6. The van der Waals surface area contributed by atoms with Crippen LogP contribution in [0.2, 0.25) is 0 Å². The third-order valence-corrected chi connectivity index (χ3v) is 13.9. The van der Waals surface area contributed by atoms with Gasteiger partial charge in [-0.15, -0.1) is 0 Å². The fraction of sp³-hybridized carbons (Fsp3) is 0.119. The molecule has 8 aromatic rings. The number of hydrogen-bond donors (Lipinski definition) is 0. The molecular weight excluding hydrogens is 733 g/mol. The summed E-state index contributed by atoms with van der Waals surface area (Å²) in [5, 5.41) is 0. The highest BCUT2D eigenvalue weighted by atomic mass is 15.2. The third kappa shape index (κ3) is 5.69. The minimum absolute atomic E-state index is 0.0193. The first-order chi connectivity index (χ1) is 29.9. The summed E-state index contributed by atoms with van der Waals surface area (Å²) in [6.07, 6.45) is 3.55. The summed E-state index contributed by atoms with van der Waals surface area (Å²) in [5.74, 6) is 0.349. The molecule has 61 heavy (non-hydrogen) atoms. The lowest BCUT2D eigenvalue weighted by atomic mass is 9.32. The second kappa shape index (κ2) is 14.7. The molecule has 11 rings (SSSR count). The van der Waals surface area contributed by atoms with Gasteiger partial charge in [-0.2, -0.15) is 0 Å². The molecule has 1 aliphatic heterocycles. The molecule has 1 nitrogen and oxygen atoms in total. The van der Waals surface area contributed by atoms with E-state index in [0.717, 1.165) is 6.42 Å². The van der Waals surface area contributed by atoms with E-state index in [1.165, 1.54) is 106 Å². The van der Waals surface area contributed by atoms with Gasteiger partial charge in [0.2, 0.25) is 6.71 Å². The van der Waals surface area contributed by atoms with Crippen LogP contribution in [0.5, 0.6) is 0 Å². The van der Waals surface area contributed by atoms with Crippen LogP contribution in [0.4, 0.5) is 17.1 Å². The highest BCUT2D eigenvalue weighted by Gasteiger charge is 2.53. The zero-order valence-corrected chi connectivity index (χ0v) is 35.4. The number of allylic oxidation sites excluding steroid dienone is 4. The quantitative estimate of drug-likeness (QED) is 0.152. The second-order valence-electron chi connectivity index (χ2n) is 17.4. The van der Waals surface area contributed by atoms with Crippen LogP contribution in [0.3, 0.4) is 0 Å². The summed E-state index contributed by atoms with van der Waals surface area (Å²) in [4.78, 5) is 2.47. The summed E-state index contributed by atoms with van der Waals surface area (Å²) < 4.78 is 0. The molecule has 8 aromatic carbocycles. The predicted octanol–water partition coefficient (Wildman–Crippen LogP) is 13.7. The van der Waals surface area contributed by atoms with Gasteiger partial charge < -0.3 is 4.90 Å². The van der Waals surface area contributed by atoms with Crippen molar-refractivity contribution in [1.29, 1.82) is 0 Å². The summed E-state index contributed by atoms with van der Waals surface area (Å²) in [6.45, 7) is 9.48. The molecular formula is C59H48BN. The van der Waals surface area contributed by atoms with Crippen LogP contribution in [0, 0.1) is 13.8 Å². The first kappa shape index (κ1) is 37.1. The van der Waals surface area contributed by atoms with Crippen LogP contribution in [0.25, 0.3) is 22.3 Å². The van der Waals surface area contributed by atoms with Crippen molar-refractivity contribution in [2.45, 2.75) is 45.4 Å². The number of fused-ring (bicyclic) bond motifs is 9. The van der Waals surface area contributed by atoms with Crippen LogP contribution in [0.15, 0.2) is 217 Å². The highest BCUT2D eigenvalue weighted by molar-refractivity contribution is 6.93. The van der Waals surface area contributed by atoms with Crippen LogP contribution < -0.4 is 15.8 Å². The van der Waals surface area contributed by atoms with E-state index in [1.54, 1.807) is 0 Å². The molecule has 2 heteroatoms. The Labute approximate surface area is 361 Å². The minimum atomic E-state index is -0.522. The molecule has 0 saturated heterocycles. The van der Waals surface area contributed by atoms with E-state index in [4.69, 9.17) is 0 Å². The summed E-state index contributed by atoms with van der Waals surface area (Å²) in [6, 6.07) is 72.5. The predicted molar refractivity (Wildman–Crippen MR) is 259 cm³/mol. The van der Waals surface area contributed by atoms with Gasteiger partial charge in [0.15, 0.2) is 0 Å². The summed E-state index contributed by atoms with van der Waals surface area (Å²) in [7, 11) is 0. The molecule has 1 spiro atoms. The number of rotatable bonds is 6. The van der Waals surface area contributed by atoms with Crippen molar-refractivity contribution in [2.75, 3.05) is 4.90 Å². The lowest BCUT2D eigenvalue weighted by Crippen LogP contribution is -2.49. The van der Waals surface area contributed by atoms with Crippen LogP contribution in [-0.4, -0.2) is 6.71 Å². The molecule has 0 bridgehead atoms. The van der Waals surface area contributed by atoms with E-state index in [0.29, 0.717) is 5.92 Å². The fourth-order valence-corrected chi connectivity index (χ4v) is 11.6. The molecule has 1 heterocycles. The average Bonchev–Trinajstić information content (AvgIpc) is 3.60. The summed E-state index contributed by atoms with van der Waals surface area (Å²) in [5.41, 5.74) is 24.7. The SMILES string of the molecule is CC1=CC(c2ccccc2)CC(C)=C1B(c1cccc2c1-c1ccccc1C21c2ccccc2N(c2ccccc2)c2ccccc21)c1c(C)cc(-c2ccccc2)cc1C. The van der Waals surface area contributed by atoms with Crippen molar-refractivity contribution < 1.29 is 0 Å². The van der Waals surface area contributed by atoms with Gasteiger partial charge in [0, 0.05) is 11.6 Å². The number of para-hydroxylation sites is 3. The normalized spacial score (nSPS) is 15.8. The Morgan fingerprint density at radius 3 is 1.69 bits per heavy atom. The Morgan fingerprint density at radius 2 is 1.05 bits per heavy atom. The topological polar surface area (TPSA) is 3.24 Å². The van der Waals surface area contributed by atoms with Gasteiger partial charge in [-0.1, -0.05) is 215 Å². The maximum Gasteiger partial charge on any atom is 0.242 e. The van der Waals surface area contributed by atoms with Gasteiger partial charge in [0.25, 0.3) is 0 Å². The standard InChI is InChI=1S/C59H48BN/c1-39-35-45(43-21-8-5-9-22-43)36-40(2)57(39)60(58-41(3)37-46(38-42(58)4)44-23-10-6-11-24-44)53-32-20-31-52-56(53)48-27-14-15-28-49(48)59(52)50-29-16-18-33-54(50)61(47-25-12-7-13-26-47)55-34-19-17-30-51(55)59/h5-37,46H,38H2,1-4H3. The average molecular weight is 782 g/mol. The van der Waals surface area contributed by atoms with Crippen LogP contribution in [-0.2, 0) is 5.41 Å². The molecule has 0 radical (unpaired) electrons. The molecule has 292 valence electrons. The number of hydrogen-bond acceptors (Lipinski definition) is 1. The van der Waals surface area contributed by atoms with E-state index in [1.807, 2.05) is 0 Å². The van der Waals surface area contributed by atoms with Crippen molar-refractivity contribution in [3.05, 3.63) is 256 Å². The maximum absolute atomic E-state index is 2.55. The molecule has 0 fully saturated rings. The Morgan fingerprint density at radius 1 is 0.508 bits per heavy atom. The van der Waals surface area contributed by atoms with E-state index in [9.17, 15) is 0 Å². The zero-order chi connectivity index (χ0) is 41.2. The Bertz CT molecular complexity index is 2980. The van der Waals surface area contributed by atoms with Crippen molar-refractivity contribution in [3.63, 3.8) is 0 Å². The molecule has 0 N–H and O–H groups in total. The van der Waals surface area contributed by atoms with Crippen molar-refractivity contribution in [3.8, 4) is 22.3 Å². The van der Waals surface area contributed by atoms with Gasteiger partial charge in [-0.25, -0.2) is 0 Å². The lowest BCUT2D eigenvalue weighted by Gasteiger charge is -2.45. The maximum atomic E-state index is 2.55. The first-order valence-corrected chi connectivity index (χ1v) is 21.8. The van der Waals surface area contributed by atoms with E-state index in [-0.39, 0.29) is 6.71 Å². The van der Waals surface area contributed by atoms with Crippen LogP contribution in [0.1, 0.15) is 65.1 Å². The van der Waals surface area contributed by atoms with Crippen molar-refractivity contribution in [2.24, 2.45) is 0 Å². The Balaban J connectivity index is 1.20. The molecule has 3 aliphatic rings. The largest absolute Gasteiger partial charge is 0.310 e. The van der Waals surface area contributed by atoms with E-state index >= 15 is 0 Å². The lowest BCUT2D eigenvalue weighted by molar-refractivity contribution is 0.753. The Kier molecular flexibility index (Phi) is 8.94. The zero-order valence-electron chi connectivity index (χ0n) is 35.4. The minimum Gasteiger partial charge on any atom is -0.310 e. The van der Waals surface area contributed by atoms with Crippen molar-refractivity contribution >= 4 is 34.7 Å². The van der Waals surface area contributed by atoms with Gasteiger partial charge in [-0.3, -0.25) is 0 Å². The number of aryl methyl sites for hydroxylation is 2. The van der Waals surface area contributed by atoms with Gasteiger partial charge >= 0.3 is 0 Å². The number of nitrogens with zero attached hydrogens (tertiary/aromatic N) is 1. The molecule has 1 unspecified atom stereocenters. The van der Waals surface area contributed by atoms with Gasteiger partial charge in [-0.05, 0) is 108 Å². The molecule has 0 saturated carbocycles. The molecule has 2 aliphatic carbocycles. The monoisotopic (exact) mass is 781 g/mol. The van der Waals surface area contributed by atoms with Crippen LogP contribution >= 0.6 is 0 Å². The van der Waals surface area contributed by atoms with E-state index < -0.39 is 5.41 Å². The summed E-state index contributed by atoms with van der Waals surface area (Å²) >= 11 is 0. The highest BCUT2D eigenvalue weighted by Crippen LogP contribution is 2.63. The van der Waals surface area contributed by atoms with E-state index in [2.05, 4.69) is 233 Å². The molecule has 0 aromatic heterocycles. The Hall–Kier alpha value is -6.90. The second-order valence-corrected chi connectivity index (χ2v) is 17.4. The van der Waals surface area contributed by atoms with Crippen molar-refractivity contribution in [1.82, 2.24) is 0 Å². The smallest absolute Gasteiger partial charge is 0.242 e. The number of anilines is 3. The molecule has 1 atom stereocenters. The van der Waals surface area contributed by atoms with Gasteiger partial charge in [0.1, 0.15) is 0 Å². The third-order valence-electron chi connectivity index (χ3n) is 13.9. The molecule has 0 amide bonds.